The van der Waals surface area contributed by atoms with Gasteiger partial charge in [0.25, 0.3) is 0 Å². The van der Waals surface area contributed by atoms with Gasteiger partial charge in [-0.2, -0.15) is 0 Å². The molecule has 0 aliphatic carbocycles. The lowest BCUT2D eigenvalue weighted by atomic mass is 9.80. The predicted molar refractivity (Wildman–Crippen MR) is 67.2 cm³/mol. The molecule has 0 amide bonds. The lowest BCUT2D eigenvalue weighted by Gasteiger charge is -2.25. The Balaban J connectivity index is 3.20. The molecule has 2 heteroatoms. The monoisotopic (exact) mass is 215 g/mol. The minimum absolute atomic E-state index is 0.174. The second kappa shape index (κ2) is 4.91. The molecule has 0 saturated heterocycles. The molecule has 0 bridgehead atoms. The van der Waals surface area contributed by atoms with Crippen LogP contribution in [0.4, 0.5) is 0 Å². The topological polar surface area (TPSA) is 29.4 Å². The van der Waals surface area contributed by atoms with Gasteiger partial charge in [-0.05, 0) is 18.1 Å². The number of allylic oxidation sites excluding steroid dienone is 1. The van der Waals surface area contributed by atoms with E-state index < -0.39 is 0 Å². The van der Waals surface area contributed by atoms with E-state index in [0.717, 1.165) is 11.1 Å². The summed E-state index contributed by atoms with van der Waals surface area (Å²) in [6.45, 7) is 10.5. The second-order valence-corrected chi connectivity index (χ2v) is 4.62. The fourth-order valence-electron chi connectivity index (χ4n) is 1.76. The first kappa shape index (κ1) is 12.4. The third-order valence-corrected chi connectivity index (χ3v) is 2.65. The highest BCUT2D eigenvalue weighted by Gasteiger charge is 2.23. The van der Waals surface area contributed by atoms with Crippen molar-refractivity contribution in [3.63, 3.8) is 0 Å². The van der Waals surface area contributed by atoms with Crippen LogP contribution in [0.2, 0.25) is 0 Å². The highest BCUT2D eigenvalue weighted by molar-refractivity contribution is 5.65. The molecule has 16 heavy (non-hydrogen) atoms. The van der Waals surface area contributed by atoms with E-state index in [-0.39, 0.29) is 5.41 Å². The SMILES string of the molecule is C=C(C)c1ccccc1C(C)(C)CN=C=O. The van der Waals surface area contributed by atoms with Crippen molar-refractivity contribution in [1.29, 1.82) is 0 Å². The summed E-state index contributed by atoms with van der Waals surface area (Å²) in [5.74, 6) is 0. The van der Waals surface area contributed by atoms with Crippen LogP contribution in [-0.2, 0) is 10.2 Å². The third kappa shape index (κ3) is 2.68. The molecule has 0 N–H and O–H groups in total. The Labute approximate surface area is 96.7 Å². The maximum atomic E-state index is 10.2. The van der Waals surface area contributed by atoms with Gasteiger partial charge in [0.2, 0.25) is 6.08 Å². The standard InChI is InChI=1S/C14H17NO/c1-11(2)12-7-5-6-8-13(12)14(3,4)9-15-10-16/h5-8H,1,9H2,2-4H3. The van der Waals surface area contributed by atoms with E-state index in [1.165, 1.54) is 5.56 Å². The Bertz CT molecular complexity index is 440. The molecule has 1 aromatic carbocycles. The molecule has 84 valence electrons. The van der Waals surface area contributed by atoms with E-state index in [1.807, 2.05) is 25.1 Å². The van der Waals surface area contributed by atoms with Gasteiger partial charge >= 0.3 is 0 Å². The van der Waals surface area contributed by atoms with Gasteiger partial charge in [0, 0.05) is 5.41 Å². The fraction of sp³-hybridized carbons (Fsp3) is 0.357. The highest BCUT2D eigenvalue weighted by Crippen LogP contribution is 2.30. The maximum Gasteiger partial charge on any atom is 0.234 e. The van der Waals surface area contributed by atoms with Gasteiger partial charge in [-0.25, -0.2) is 9.79 Å². The lowest BCUT2D eigenvalue weighted by molar-refractivity contribution is 0.525. The quantitative estimate of drug-likeness (QED) is 0.559. The van der Waals surface area contributed by atoms with Crippen molar-refractivity contribution >= 4 is 11.7 Å². The van der Waals surface area contributed by atoms with Crippen LogP contribution in [0.3, 0.4) is 0 Å². The van der Waals surface area contributed by atoms with Crippen LogP contribution in [-0.4, -0.2) is 12.6 Å². The zero-order valence-electron chi connectivity index (χ0n) is 10.1. The Kier molecular flexibility index (Phi) is 3.81. The van der Waals surface area contributed by atoms with Crippen LogP contribution in [0.25, 0.3) is 5.57 Å². The minimum Gasteiger partial charge on any atom is -0.211 e. The van der Waals surface area contributed by atoms with E-state index in [4.69, 9.17) is 0 Å². The Morgan fingerprint density at radius 1 is 1.44 bits per heavy atom. The number of hydrogen-bond acceptors (Lipinski definition) is 2. The summed E-state index contributed by atoms with van der Waals surface area (Å²) < 4.78 is 0. The first-order valence-corrected chi connectivity index (χ1v) is 5.28. The molecule has 0 saturated carbocycles. The number of nitrogens with zero attached hydrogens (tertiary/aromatic N) is 1. The zero-order valence-corrected chi connectivity index (χ0v) is 10.1. The fourth-order valence-corrected chi connectivity index (χ4v) is 1.76. The van der Waals surface area contributed by atoms with E-state index in [2.05, 4.69) is 31.5 Å². The van der Waals surface area contributed by atoms with E-state index in [9.17, 15) is 4.79 Å². The van der Waals surface area contributed by atoms with Gasteiger partial charge < -0.3 is 0 Å². The normalized spacial score (nSPS) is 10.7. The van der Waals surface area contributed by atoms with Crippen LogP contribution in [0.15, 0.2) is 35.8 Å². The first-order chi connectivity index (χ1) is 7.49. The molecule has 1 aromatic rings. The predicted octanol–water partition coefficient (Wildman–Crippen LogP) is 3.33. The van der Waals surface area contributed by atoms with Gasteiger partial charge in [-0.1, -0.05) is 50.3 Å². The van der Waals surface area contributed by atoms with Crippen LogP contribution in [0.5, 0.6) is 0 Å². The molecule has 1 rings (SSSR count). The van der Waals surface area contributed by atoms with Crippen molar-refractivity contribution in [2.75, 3.05) is 6.54 Å². The van der Waals surface area contributed by atoms with Crippen molar-refractivity contribution in [3.05, 3.63) is 42.0 Å². The summed E-state index contributed by atoms with van der Waals surface area (Å²) in [6.07, 6.45) is 1.59. The van der Waals surface area contributed by atoms with E-state index in [0.29, 0.717) is 6.54 Å². The Morgan fingerprint density at radius 3 is 2.62 bits per heavy atom. The molecule has 0 heterocycles. The second-order valence-electron chi connectivity index (χ2n) is 4.62. The van der Waals surface area contributed by atoms with Crippen LogP contribution >= 0.6 is 0 Å². The number of aliphatic imine (C=N–C) groups is 1. The number of rotatable bonds is 4. The molecular weight excluding hydrogens is 198 g/mol. The molecule has 0 radical (unpaired) electrons. The smallest absolute Gasteiger partial charge is 0.211 e. The van der Waals surface area contributed by atoms with Crippen molar-refractivity contribution in [2.45, 2.75) is 26.2 Å². The number of carbonyl (C=O) groups excluding carboxylic acids is 1. The molecule has 2 nitrogen and oxygen atoms in total. The van der Waals surface area contributed by atoms with Crippen LogP contribution in [0, 0.1) is 0 Å². The average molecular weight is 215 g/mol. The Morgan fingerprint density at radius 2 is 2.06 bits per heavy atom. The van der Waals surface area contributed by atoms with Crippen molar-refractivity contribution in [3.8, 4) is 0 Å². The Hall–Kier alpha value is -1.66. The van der Waals surface area contributed by atoms with Crippen LogP contribution < -0.4 is 0 Å². The van der Waals surface area contributed by atoms with Crippen molar-refractivity contribution in [2.24, 2.45) is 4.99 Å². The zero-order chi connectivity index (χ0) is 12.2. The molecule has 0 atom stereocenters. The largest absolute Gasteiger partial charge is 0.234 e. The number of hydrogen-bond donors (Lipinski definition) is 0. The van der Waals surface area contributed by atoms with Crippen LogP contribution in [0.1, 0.15) is 31.9 Å². The summed E-state index contributed by atoms with van der Waals surface area (Å²) in [6, 6.07) is 8.09. The molecule has 0 unspecified atom stereocenters. The molecule has 0 fully saturated rings. The van der Waals surface area contributed by atoms with E-state index in [1.54, 1.807) is 6.08 Å². The maximum absolute atomic E-state index is 10.2. The van der Waals surface area contributed by atoms with Crippen molar-refractivity contribution in [1.82, 2.24) is 0 Å². The van der Waals surface area contributed by atoms with Gasteiger partial charge in [-0.3, -0.25) is 0 Å². The minimum atomic E-state index is -0.174. The summed E-state index contributed by atoms with van der Waals surface area (Å²) in [5.41, 5.74) is 3.15. The molecule has 0 aliphatic heterocycles. The first-order valence-electron chi connectivity index (χ1n) is 5.28. The summed E-state index contributed by atoms with van der Waals surface area (Å²) in [5, 5.41) is 0. The van der Waals surface area contributed by atoms with E-state index >= 15 is 0 Å². The molecule has 0 aromatic heterocycles. The number of benzene rings is 1. The highest BCUT2D eigenvalue weighted by atomic mass is 16.1. The third-order valence-electron chi connectivity index (χ3n) is 2.65. The molecule has 0 aliphatic rings. The van der Waals surface area contributed by atoms with Gasteiger partial charge in [-0.15, -0.1) is 0 Å². The summed E-state index contributed by atoms with van der Waals surface area (Å²) in [4.78, 5) is 13.9. The molecule has 0 spiro atoms. The van der Waals surface area contributed by atoms with Gasteiger partial charge in [0.05, 0.1) is 6.54 Å². The average Bonchev–Trinajstić information content (AvgIpc) is 2.26. The molecular formula is C14H17NO. The lowest BCUT2D eigenvalue weighted by Crippen LogP contribution is -2.22. The number of isocyanates is 1. The summed E-state index contributed by atoms with van der Waals surface area (Å²) in [7, 11) is 0. The van der Waals surface area contributed by atoms with Gasteiger partial charge in [0.15, 0.2) is 0 Å². The summed E-state index contributed by atoms with van der Waals surface area (Å²) >= 11 is 0. The van der Waals surface area contributed by atoms with Crippen molar-refractivity contribution < 1.29 is 4.79 Å². The van der Waals surface area contributed by atoms with Gasteiger partial charge in [0.1, 0.15) is 0 Å².